The Bertz CT molecular complexity index is 1570. The summed E-state index contributed by atoms with van der Waals surface area (Å²) in [5.74, 6) is -2.86. The molecule has 1 atom stereocenters. The van der Waals surface area contributed by atoms with Gasteiger partial charge in [0.25, 0.3) is 0 Å². The fraction of sp³-hybridized carbons (Fsp3) is 0.387. The SMILES string of the molecule is CC(C)(C)OC(=O)N(C(=O)O)c1nccc2cc(CNC(=O)[C@H](Cc3ccc(F)c(F)c3)NC(=O)OCC[Si](C)(C)C)ccc12. The Kier molecular flexibility index (Phi) is 11.2. The van der Waals surface area contributed by atoms with Gasteiger partial charge in [-0.05, 0) is 67.6 Å². The first-order valence-electron chi connectivity index (χ1n) is 14.2. The lowest BCUT2D eigenvalue weighted by atomic mass is 10.0. The Morgan fingerprint density at radius 2 is 1.69 bits per heavy atom. The molecule has 0 aliphatic carbocycles. The third kappa shape index (κ3) is 10.5. The van der Waals surface area contributed by atoms with Crippen molar-refractivity contribution >= 4 is 48.9 Å². The highest BCUT2D eigenvalue weighted by Gasteiger charge is 2.31. The topological polar surface area (TPSA) is 147 Å². The molecule has 3 aromatic rings. The third-order valence-corrected chi connectivity index (χ3v) is 8.08. The summed E-state index contributed by atoms with van der Waals surface area (Å²) in [7, 11) is -1.48. The van der Waals surface area contributed by atoms with Crippen molar-refractivity contribution in [2.24, 2.45) is 0 Å². The maximum atomic E-state index is 13.9. The normalized spacial score (nSPS) is 12.3. The molecule has 3 N–H and O–H groups in total. The minimum absolute atomic E-state index is 0.00176. The maximum absolute atomic E-state index is 13.9. The fourth-order valence-corrected chi connectivity index (χ4v) is 4.83. The number of amides is 4. The van der Waals surface area contributed by atoms with Crippen LogP contribution in [-0.4, -0.2) is 60.6 Å². The molecule has 2 aromatic carbocycles. The van der Waals surface area contributed by atoms with E-state index >= 15 is 0 Å². The monoisotopic (exact) mass is 644 g/mol. The van der Waals surface area contributed by atoms with Crippen LogP contribution in [0.1, 0.15) is 31.9 Å². The molecule has 14 heteroatoms. The summed E-state index contributed by atoms with van der Waals surface area (Å²) in [6, 6.07) is 9.26. The smallest absolute Gasteiger partial charge is 0.425 e. The lowest BCUT2D eigenvalue weighted by Gasteiger charge is -2.24. The van der Waals surface area contributed by atoms with Crippen LogP contribution in [0.5, 0.6) is 0 Å². The first kappa shape index (κ1) is 34.9. The van der Waals surface area contributed by atoms with Crippen molar-refractivity contribution in [2.75, 3.05) is 11.5 Å². The average molecular weight is 645 g/mol. The number of hydrogen-bond donors (Lipinski definition) is 3. The van der Waals surface area contributed by atoms with E-state index in [1.165, 1.54) is 12.3 Å². The van der Waals surface area contributed by atoms with Crippen LogP contribution in [0.15, 0.2) is 48.7 Å². The van der Waals surface area contributed by atoms with Crippen LogP contribution in [0, 0.1) is 11.6 Å². The highest BCUT2D eigenvalue weighted by molar-refractivity contribution is 6.76. The van der Waals surface area contributed by atoms with Crippen molar-refractivity contribution in [3.8, 4) is 0 Å². The summed E-state index contributed by atoms with van der Waals surface area (Å²) in [6.45, 7) is 11.4. The van der Waals surface area contributed by atoms with Gasteiger partial charge in [-0.1, -0.05) is 37.8 Å². The van der Waals surface area contributed by atoms with Gasteiger partial charge in [0.1, 0.15) is 11.6 Å². The van der Waals surface area contributed by atoms with E-state index in [2.05, 4.69) is 35.3 Å². The number of fused-ring (bicyclic) bond motifs is 1. The van der Waals surface area contributed by atoms with Gasteiger partial charge in [0.05, 0.1) is 6.61 Å². The molecule has 0 radical (unpaired) electrons. The van der Waals surface area contributed by atoms with Gasteiger partial charge >= 0.3 is 18.3 Å². The van der Waals surface area contributed by atoms with E-state index < -0.39 is 55.5 Å². The van der Waals surface area contributed by atoms with E-state index in [1.54, 1.807) is 45.0 Å². The second-order valence-electron chi connectivity index (χ2n) is 12.6. The maximum Gasteiger partial charge on any atom is 0.425 e. The van der Waals surface area contributed by atoms with Crippen LogP contribution in [0.2, 0.25) is 25.7 Å². The van der Waals surface area contributed by atoms with E-state index in [9.17, 15) is 33.1 Å². The number of benzene rings is 2. The number of carbonyl (C=O) groups excluding carboxylic acids is 3. The van der Waals surface area contributed by atoms with Crippen LogP contribution in [-0.2, 0) is 27.2 Å². The van der Waals surface area contributed by atoms with E-state index in [-0.39, 0.29) is 31.0 Å². The zero-order chi connectivity index (χ0) is 33.5. The van der Waals surface area contributed by atoms with Crippen LogP contribution < -0.4 is 15.5 Å². The molecular formula is C31H38F2N4O7Si. The highest BCUT2D eigenvalue weighted by atomic mass is 28.3. The fourth-order valence-electron chi connectivity index (χ4n) is 4.12. The van der Waals surface area contributed by atoms with Crippen molar-refractivity contribution in [2.45, 2.75) is 71.1 Å². The van der Waals surface area contributed by atoms with Gasteiger partial charge in [-0.15, -0.1) is 0 Å². The van der Waals surface area contributed by atoms with Gasteiger partial charge in [-0.2, -0.15) is 4.90 Å². The van der Waals surface area contributed by atoms with Gasteiger partial charge < -0.3 is 25.2 Å². The number of hydrogen-bond acceptors (Lipinski definition) is 7. The van der Waals surface area contributed by atoms with Gasteiger partial charge in [0.2, 0.25) is 5.91 Å². The molecule has 11 nitrogen and oxygen atoms in total. The molecule has 0 saturated heterocycles. The Morgan fingerprint density at radius 1 is 1.00 bits per heavy atom. The third-order valence-electron chi connectivity index (χ3n) is 6.37. The van der Waals surface area contributed by atoms with Crippen LogP contribution in [0.3, 0.4) is 0 Å². The second-order valence-corrected chi connectivity index (χ2v) is 18.2. The molecule has 4 amide bonds. The van der Waals surface area contributed by atoms with Crippen molar-refractivity contribution in [1.82, 2.24) is 15.6 Å². The van der Waals surface area contributed by atoms with Gasteiger partial charge in [0, 0.05) is 32.6 Å². The predicted molar refractivity (Wildman–Crippen MR) is 167 cm³/mol. The Hall–Kier alpha value is -4.59. The molecule has 0 saturated carbocycles. The summed E-state index contributed by atoms with van der Waals surface area (Å²) >= 11 is 0. The average Bonchev–Trinajstić information content (AvgIpc) is 2.91. The first-order valence-corrected chi connectivity index (χ1v) is 17.9. The molecule has 0 spiro atoms. The number of halogens is 2. The summed E-state index contributed by atoms with van der Waals surface area (Å²) < 4.78 is 37.8. The second kappa shape index (κ2) is 14.5. The zero-order valence-corrected chi connectivity index (χ0v) is 27.1. The number of anilines is 1. The van der Waals surface area contributed by atoms with Crippen LogP contribution >= 0.6 is 0 Å². The van der Waals surface area contributed by atoms with E-state index in [0.29, 0.717) is 21.2 Å². The Balaban J connectivity index is 1.79. The largest absolute Gasteiger partial charge is 0.464 e. The highest BCUT2D eigenvalue weighted by Crippen LogP contribution is 2.27. The lowest BCUT2D eigenvalue weighted by Crippen LogP contribution is -2.48. The van der Waals surface area contributed by atoms with Gasteiger partial charge in [-0.25, -0.2) is 28.1 Å². The molecular weight excluding hydrogens is 606 g/mol. The predicted octanol–water partition coefficient (Wildman–Crippen LogP) is 6.22. The molecule has 1 aromatic heterocycles. The standard InChI is InChI=1S/C31H38F2N4O7Si/c1-31(2,3)44-30(42)37(29(40)41)26-22-9-7-20(15-21(22)11-12-34-26)18-35-27(38)25(17-19-8-10-23(32)24(33)16-19)36-28(39)43-13-14-45(4,5)6/h7-12,15-16,25H,13-14,17-18H2,1-6H3,(H,35,38)(H,36,39)(H,40,41)/t25-/m0/s1. The Labute approximate surface area is 260 Å². The summed E-state index contributed by atoms with van der Waals surface area (Å²) in [4.78, 5) is 54.9. The number of alkyl carbamates (subject to hydrolysis) is 1. The number of imide groups is 1. The molecule has 0 bridgehead atoms. The summed E-state index contributed by atoms with van der Waals surface area (Å²) in [6.07, 6.45) is -2.27. The minimum atomic E-state index is -1.57. The number of carbonyl (C=O) groups is 4. The van der Waals surface area contributed by atoms with Crippen molar-refractivity contribution in [3.63, 3.8) is 0 Å². The molecule has 0 aliphatic rings. The minimum Gasteiger partial charge on any atom is -0.464 e. The van der Waals surface area contributed by atoms with Crippen molar-refractivity contribution < 1.29 is 42.5 Å². The van der Waals surface area contributed by atoms with Crippen LogP contribution in [0.4, 0.5) is 29.0 Å². The van der Waals surface area contributed by atoms with Gasteiger partial charge in [-0.3, -0.25) is 4.79 Å². The number of rotatable bonds is 10. The number of pyridine rings is 1. The lowest BCUT2D eigenvalue weighted by molar-refractivity contribution is -0.123. The quantitative estimate of drug-likeness (QED) is 0.220. The zero-order valence-electron chi connectivity index (χ0n) is 26.1. The first-order chi connectivity index (χ1) is 20.9. The number of aromatic nitrogens is 1. The molecule has 0 fully saturated rings. The molecule has 45 heavy (non-hydrogen) atoms. The number of nitrogens with one attached hydrogen (secondary N) is 2. The molecule has 0 unspecified atom stereocenters. The van der Waals surface area contributed by atoms with Crippen LogP contribution in [0.25, 0.3) is 10.8 Å². The summed E-state index contributed by atoms with van der Waals surface area (Å²) in [5.41, 5.74) is -0.0464. The molecule has 3 rings (SSSR count). The molecule has 0 aliphatic heterocycles. The number of ether oxygens (including phenoxy) is 2. The van der Waals surface area contributed by atoms with E-state index in [0.717, 1.165) is 18.2 Å². The van der Waals surface area contributed by atoms with Crippen molar-refractivity contribution in [3.05, 3.63) is 71.4 Å². The van der Waals surface area contributed by atoms with Gasteiger partial charge in [0.15, 0.2) is 17.5 Å². The Morgan fingerprint density at radius 3 is 2.31 bits per heavy atom. The van der Waals surface area contributed by atoms with E-state index in [1.807, 2.05) is 0 Å². The number of nitrogens with zero attached hydrogens (tertiary/aromatic N) is 2. The molecule has 1 heterocycles. The number of carboxylic acid groups (broad SMARTS) is 1. The summed E-state index contributed by atoms with van der Waals surface area (Å²) in [5, 5.41) is 15.9. The molecule has 242 valence electrons. The van der Waals surface area contributed by atoms with E-state index in [4.69, 9.17) is 9.47 Å². The van der Waals surface area contributed by atoms with Crippen molar-refractivity contribution in [1.29, 1.82) is 0 Å².